The average molecular weight is 177 g/mol. The summed E-state index contributed by atoms with van der Waals surface area (Å²) in [6.07, 6.45) is 4.36. The fourth-order valence-corrected chi connectivity index (χ4v) is 1.51. The molecule has 0 fully saturated rings. The van der Waals surface area contributed by atoms with E-state index in [1.165, 1.54) is 0 Å². The fourth-order valence-electron chi connectivity index (χ4n) is 1.51. The summed E-state index contributed by atoms with van der Waals surface area (Å²) in [7, 11) is 0. The first-order chi connectivity index (χ1) is 6.33. The summed E-state index contributed by atoms with van der Waals surface area (Å²) in [4.78, 5) is 18.4. The fraction of sp³-hybridized carbons (Fsp3) is 0.333. The van der Waals surface area contributed by atoms with Crippen LogP contribution in [-0.2, 0) is 6.54 Å². The highest BCUT2D eigenvalue weighted by molar-refractivity contribution is 5.31. The smallest absolute Gasteiger partial charge is 0.304 e. The van der Waals surface area contributed by atoms with Crippen LogP contribution in [0, 0.1) is 0 Å². The largest absolute Gasteiger partial charge is 0.327 e. The quantitative estimate of drug-likeness (QED) is 0.598. The minimum Gasteiger partial charge on any atom is -0.304 e. The minimum absolute atomic E-state index is 0.0773. The SMILES string of the molecule is C=C/C=c1/[nH]c(=O)n2c1=NCCC2. The molecule has 4 nitrogen and oxygen atoms in total. The summed E-state index contributed by atoms with van der Waals surface area (Å²) in [5.41, 5.74) is 0.683. The summed E-state index contributed by atoms with van der Waals surface area (Å²) in [6, 6.07) is 0. The number of nitrogens with zero attached hydrogens (tertiary/aromatic N) is 2. The molecule has 0 saturated heterocycles. The van der Waals surface area contributed by atoms with E-state index in [0.717, 1.165) is 30.3 Å². The van der Waals surface area contributed by atoms with E-state index < -0.39 is 0 Å². The van der Waals surface area contributed by atoms with Gasteiger partial charge < -0.3 is 4.98 Å². The normalized spacial score (nSPS) is 16.5. The molecule has 0 spiro atoms. The Bertz CT molecular complexity index is 492. The van der Waals surface area contributed by atoms with Gasteiger partial charge in [-0.2, -0.15) is 0 Å². The highest BCUT2D eigenvalue weighted by Crippen LogP contribution is 1.87. The van der Waals surface area contributed by atoms with Crippen LogP contribution < -0.4 is 16.5 Å². The lowest BCUT2D eigenvalue weighted by Gasteiger charge is -2.04. The number of rotatable bonds is 1. The van der Waals surface area contributed by atoms with Gasteiger partial charge in [0.1, 0.15) is 0 Å². The molecule has 1 aliphatic rings. The lowest BCUT2D eigenvalue weighted by molar-refractivity contribution is 0.563. The maximum absolute atomic E-state index is 11.4. The van der Waals surface area contributed by atoms with Crippen LogP contribution in [0.1, 0.15) is 6.42 Å². The summed E-state index contributed by atoms with van der Waals surface area (Å²) in [5, 5.41) is 0.764. The van der Waals surface area contributed by atoms with Crippen LogP contribution in [-0.4, -0.2) is 16.1 Å². The highest BCUT2D eigenvalue weighted by atomic mass is 16.1. The molecule has 2 heterocycles. The topological polar surface area (TPSA) is 50.1 Å². The third-order valence-corrected chi connectivity index (χ3v) is 2.07. The third kappa shape index (κ3) is 1.24. The van der Waals surface area contributed by atoms with Gasteiger partial charge in [-0.1, -0.05) is 12.7 Å². The van der Waals surface area contributed by atoms with Crippen molar-refractivity contribution in [3.05, 3.63) is 34.0 Å². The third-order valence-electron chi connectivity index (χ3n) is 2.07. The second-order valence-electron chi connectivity index (χ2n) is 2.96. The maximum atomic E-state index is 11.4. The molecule has 2 rings (SSSR count). The van der Waals surface area contributed by atoms with E-state index in [1.54, 1.807) is 16.7 Å². The Morgan fingerprint density at radius 2 is 2.46 bits per heavy atom. The van der Waals surface area contributed by atoms with E-state index in [2.05, 4.69) is 16.6 Å². The highest BCUT2D eigenvalue weighted by Gasteiger charge is 2.06. The van der Waals surface area contributed by atoms with Gasteiger partial charge in [0, 0.05) is 13.1 Å². The predicted molar refractivity (Wildman–Crippen MR) is 50.0 cm³/mol. The molecule has 68 valence electrons. The molecule has 0 saturated carbocycles. The number of aromatic amines is 1. The van der Waals surface area contributed by atoms with Crippen molar-refractivity contribution in [2.75, 3.05) is 6.54 Å². The zero-order chi connectivity index (χ0) is 9.26. The van der Waals surface area contributed by atoms with E-state index >= 15 is 0 Å². The first kappa shape index (κ1) is 8.04. The molecule has 0 unspecified atom stereocenters. The lowest BCUT2D eigenvalue weighted by atomic mass is 10.4. The van der Waals surface area contributed by atoms with Crippen LogP contribution in [0.5, 0.6) is 0 Å². The van der Waals surface area contributed by atoms with E-state index in [4.69, 9.17) is 0 Å². The molecule has 0 radical (unpaired) electrons. The van der Waals surface area contributed by atoms with Crippen molar-refractivity contribution in [3.8, 4) is 0 Å². The molecule has 1 aromatic rings. The Morgan fingerprint density at radius 3 is 3.23 bits per heavy atom. The predicted octanol–water partition coefficient (Wildman–Crippen LogP) is -0.834. The average Bonchev–Trinajstić information content (AvgIpc) is 2.46. The monoisotopic (exact) mass is 177 g/mol. The number of nitrogens with one attached hydrogen (secondary N) is 1. The van der Waals surface area contributed by atoms with E-state index in [0.29, 0.717) is 0 Å². The summed E-state index contributed by atoms with van der Waals surface area (Å²) in [5.74, 6) is 0. The lowest BCUT2D eigenvalue weighted by Crippen LogP contribution is -2.35. The number of aromatic nitrogens is 2. The Kier molecular flexibility index (Phi) is 1.88. The molecule has 1 N–H and O–H groups in total. The summed E-state index contributed by atoms with van der Waals surface area (Å²) >= 11 is 0. The van der Waals surface area contributed by atoms with E-state index in [9.17, 15) is 4.79 Å². The number of hydrogen-bond acceptors (Lipinski definition) is 2. The molecule has 0 aromatic carbocycles. The zero-order valence-corrected chi connectivity index (χ0v) is 7.29. The molecule has 4 heteroatoms. The molecule has 0 atom stereocenters. The second kappa shape index (κ2) is 3.05. The van der Waals surface area contributed by atoms with Gasteiger partial charge in [-0.3, -0.25) is 9.56 Å². The second-order valence-corrected chi connectivity index (χ2v) is 2.96. The summed E-state index contributed by atoms with van der Waals surface area (Å²) in [6.45, 7) is 5.15. The molecule has 0 amide bonds. The van der Waals surface area contributed by atoms with Crippen LogP contribution in [0.3, 0.4) is 0 Å². The molecular weight excluding hydrogens is 166 g/mol. The van der Waals surface area contributed by atoms with E-state index in [1.807, 2.05) is 0 Å². The molecule has 1 aliphatic heterocycles. The van der Waals surface area contributed by atoms with Gasteiger partial charge in [-0.05, 0) is 12.5 Å². The van der Waals surface area contributed by atoms with Crippen LogP contribution >= 0.6 is 0 Å². The van der Waals surface area contributed by atoms with Crippen molar-refractivity contribution < 1.29 is 0 Å². The Hall–Kier alpha value is -1.58. The standard InChI is InChI=1S/C9H11N3O/c1-2-4-7-8-10-5-3-6-12(8)9(13)11-7/h2,4H,1,3,5-6H2,(H,11,13)/b7-4+. The van der Waals surface area contributed by atoms with Gasteiger partial charge in [0.25, 0.3) is 0 Å². The van der Waals surface area contributed by atoms with Crippen molar-refractivity contribution in [3.63, 3.8) is 0 Å². The number of fused-ring (bicyclic) bond motifs is 1. The number of allylic oxidation sites excluding steroid dienone is 1. The van der Waals surface area contributed by atoms with Crippen LogP contribution in [0.15, 0.2) is 22.4 Å². The minimum atomic E-state index is -0.0773. The molecule has 1 aromatic heterocycles. The number of hydrogen-bond donors (Lipinski definition) is 1. The number of imidazole rings is 1. The molecule has 13 heavy (non-hydrogen) atoms. The van der Waals surface area contributed by atoms with Gasteiger partial charge in [0.05, 0.1) is 5.35 Å². The van der Waals surface area contributed by atoms with Crippen LogP contribution in [0.2, 0.25) is 0 Å². The van der Waals surface area contributed by atoms with E-state index in [-0.39, 0.29) is 5.69 Å². The van der Waals surface area contributed by atoms with Crippen molar-refractivity contribution in [2.45, 2.75) is 13.0 Å². The molecular formula is C9H11N3O. The molecule has 0 bridgehead atoms. The van der Waals surface area contributed by atoms with Gasteiger partial charge in [0.15, 0.2) is 5.49 Å². The van der Waals surface area contributed by atoms with Crippen molar-refractivity contribution in [1.82, 2.24) is 9.55 Å². The van der Waals surface area contributed by atoms with Gasteiger partial charge >= 0.3 is 5.69 Å². The maximum Gasteiger partial charge on any atom is 0.327 e. The van der Waals surface area contributed by atoms with Gasteiger partial charge in [0.2, 0.25) is 0 Å². The van der Waals surface area contributed by atoms with Gasteiger partial charge in [-0.15, -0.1) is 0 Å². The van der Waals surface area contributed by atoms with Crippen LogP contribution in [0.25, 0.3) is 6.08 Å². The van der Waals surface area contributed by atoms with Crippen molar-refractivity contribution in [2.24, 2.45) is 4.99 Å². The Balaban J connectivity index is 2.84. The first-order valence-corrected chi connectivity index (χ1v) is 4.29. The number of H-pyrrole nitrogens is 1. The van der Waals surface area contributed by atoms with Crippen molar-refractivity contribution >= 4 is 6.08 Å². The summed E-state index contributed by atoms with van der Waals surface area (Å²) < 4.78 is 1.67. The van der Waals surface area contributed by atoms with Gasteiger partial charge in [-0.25, -0.2) is 4.79 Å². The van der Waals surface area contributed by atoms with Crippen LogP contribution in [0.4, 0.5) is 0 Å². The van der Waals surface area contributed by atoms with Crippen molar-refractivity contribution in [1.29, 1.82) is 0 Å². The first-order valence-electron chi connectivity index (χ1n) is 4.29. The zero-order valence-electron chi connectivity index (χ0n) is 7.29. The Morgan fingerprint density at radius 1 is 1.62 bits per heavy atom. The Labute approximate surface area is 74.9 Å². The molecule has 0 aliphatic carbocycles.